The largest absolute Gasteiger partial charge is 0.0654 e. The molecule has 0 aliphatic rings. The maximum absolute atomic E-state index is 2.48. The standard InChI is InChI=1S/C19H40/c1-6-9-11-12-14-19(13-10-7-2)16-18(5)15-17(4)8-3/h17-19H,6-16H2,1-5H3. The zero-order valence-corrected chi connectivity index (χ0v) is 14.5. The molecule has 0 radical (unpaired) electrons. The summed E-state index contributed by atoms with van der Waals surface area (Å²) in [6.07, 6.45) is 15.8. The Balaban J connectivity index is 3.95. The Hall–Kier alpha value is 0. The van der Waals surface area contributed by atoms with Crippen molar-refractivity contribution in [2.75, 3.05) is 0 Å². The van der Waals surface area contributed by atoms with Crippen LogP contribution in [0.5, 0.6) is 0 Å². The van der Waals surface area contributed by atoms with E-state index in [-0.39, 0.29) is 0 Å². The molecule has 0 amide bonds. The molecular formula is C19H40. The van der Waals surface area contributed by atoms with Crippen molar-refractivity contribution >= 4 is 0 Å². The predicted molar refractivity (Wildman–Crippen MR) is 89.6 cm³/mol. The molecule has 116 valence electrons. The van der Waals surface area contributed by atoms with Crippen molar-refractivity contribution in [1.29, 1.82) is 0 Å². The maximum Gasteiger partial charge on any atom is -0.0412 e. The van der Waals surface area contributed by atoms with Crippen LogP contribution in [-0.4, -0.2) is 0 Å². The molecule has 0 saturated carbocycles. The van der Waals surface area contributed by atoms with E-state index in [9.17, 15) is 0 Å². The van der Waals surface area contributed by atoms with Gasteiger partial charge in [0.1, 0.15) is 0 Å². The zero-order valence-electron chi connectivity index (χ0n) is 14.5. The van der Waals surface area contributed by atoms with Crippen LogP contribution in [0.4, 0.5) is 0 Å². The highest BCUT2D eigenvalue weighted by Gasteiger charge is 2.14. The average Bonchev–Trinajstić information content (AvgIpc) is 2.40. The Morgan fingerprint density at radius 1 is 0.632 bits per heavy atom. The molecule has 0 aromatic carbocycles. The lowest BCUT2D eigenvalue weighted by molar-refractivity contribution is 0.294. The van der Waals surface area contributed by atoms with Crippen molar-refractivity contribution in [3.63, 3.8) is 0 Å². The van der Waals surface area contributed by atoms with Crippen LogP contribution in [0.1, 0.15) is 105 Å². The molecule has 0 N–H and O–H groups in total. The fraction of sp³-hybridized carbons (Fsp3) is 1.00. The molecule has 0 heteroatoms. The second-order valence-corrected chi connectivity index (χ2v) is 6.95. The highest BCUT2D eigenvalue weighted by molar-refractivity contribution is 4.66. The molecule has 0 rings (SSSR count). The van der Waals surface area contributed by atoms with Crippen LogP contribution in [0.3, 0.4) is 0 Å². The van der Waals surface area contributed by atoms with Gasteiger partial charge >= 0.3 is 0 Å². The highest BCUT2D eigenvalue weighted by Crippen LogP contribution is 2.28. The Kier molecular flexibility index (Phi) is 13.0. The number of hydrogen-bond acceptors (Lipinski definition) is 0. The molecule has 0 aliphatic heterocycles. The number of rotatable bonds is 13. The normalized spacial score (nSPS) is 16.3. The highest BCUT2D eigenvalue weighted by atomic mass is 14.2. The molecule has 3 atom stereocenters. The molecule has 0 aromatic heterocycles. The first-order valence-electron chi connectivity index (χ1n) is 9.13. The first-order valence-corrected chi connectivity index (χ1v) is 9.13. The molecular weight excluding hydrogens is 228 g/mol. The van der Waals surface area contributed by atoms with Crippen LogP contribution in [0.2, 0.25) is 0 Å². The van der Waals surface area contributed by atoms with E-state index in [4.69, 9.17) is 0 Å². The van der Waals surface area contributed by atoms with Crippen LogP contribution in [-0.2, 0) is 0 Å². The third-order valence-electron chi connectivity index (χ3n) is 4.67. The molecule has 0 saturated heterocycles. The first kappa shape index (κ1) is 19.0. The third kappa shape index (κ3) is 11.5. The summed E-state index contributed by atoms with van der Waals surface area (Å²) in [5, 5.41) is 0. The van der Waals surface area contributed by atoms with Gasteiger partial charge in [0.2, 0.25) is 0 Å². The number of unbranched alkanes of at least 4 members (excludes halogenated alkanes) is 4. The summed E-state index contributed by atoms with van der Waals surface area (Å²) < 4.78 is 0. The Labute approximate surface area is 123 Å². The summed E-state index contributed by atoms with van der Waals surface area (Å²) in [6.45, 7) is 11.9. The van der Waals surface area contributed by atoms with Crippen molar-refractivity contribution in [2.24, 2.45) is 17.8 Å². The van der Waals surface area contributed by atoms with Gasteiger partial charge in [0.15, 0.2) is 0 Å². The monoisotopic (exact) mass is 268 g/mol. The SMILES string of the molecule is CCCCCCC(CCCC)CC(C)CC(C)CC. The van der Waals surface area contributed by atoms with Gasteiger partial charge in [0, 0.05) is 0 Å². The fourth-order valence-electron chi connectivity index (χ4n) is 3.25. The second-order valence-electron chi connectivity index (χ2n) is 6.95. The van der Waals surface area contributed by atoms with Crippen LogP contribution in [0.15, 0.2) is 0 Å². The Morgan fingerprint density at radius 3 is 1.84 bits per heavy atom. The Morgan fingerprint density at radius 2 is 1.26 bits per heavy atom. The fourth-order valence-corrected chi connectivity index (χ4v) is 3.25. The molecule has 19 heavy (non-hydrogen) atoms. The lowest BCUT2D eigenvalue weighted by atomic mass is 9.83. The molecule has 0 fully saturated rings. The van der Waals surface area contributed by atoms with E-state index in [0.717, 1.165) is 17.8 Å². The van der Waals surface area contributed by atoms with E-state index in [1.165, 1.54) is 70.6 Å². The molecule has 0 heterocycles. The lowest BCUT2D eigenvalue weighted by Crippen LogP contribution is -2.10. The second kappa shape index (κ2) is 13.0. The van der Waals surface area contributed by atoms with E-state index >= 15 is 0 Å². The molecule has 0 aliphatic carbocycles. The summed E-state index contributed by atoms with van der Waals surface area (Å²) in [4.78, 5) is 0. The average molecular weight is 269 g/mol. The minimum atomic E-state index is 0.918. The van der Waals surface area contributed by atoms with Crippen molar-refractivity contribution in [2.45, 2.75) is 105 Å². The van der Waals surface area contributed by atoms with Crippen molar-refractivity contribution in [3.8, 4) is 0 Å². The molecule has 3 unspecified atom stereocenters. The summed E-state index contributed by atoms with van der Waals surface area (Å²) in [7, 11) is 0. The van der Waals surface area contributed by atoms with Crippen LogP contribution >= 0.6 is 0 Å². The molecule has 0 bridgehead atoms. The smallest absolute Gasteiger partial charge is 0.0412 e. The minimum Gasteiger partial charge on any atom is -0.0654 e. The van der Waals surface area contributed by atoms with Gasteiger partial charge in [-0.2, -0.15) is 0 Å². The molecule has 0 aromatic rings. The van der Waals surface area contributed by atoms with Crippen molar-refractivity contribution in [1.82, 2.24) is 0 Å². The van der Waals surface area contributed by atoms with Crippen molar-refractivity contribution < 1.29 is 0 Å². The lowest BCUT2D eigenvalue weighted by Gasteiger charge is -2.23. The van der Waals surface area contributed by atoms with E-state index in [0.29, 0.717) is 0 Å². The van der Waals surface area contributed by atoms with E-state index < -0.39 is 0 Å². The van der Waals surface area contributed by atoms with Gasteiger partial charge < -0.3 is 0 Å². The third-order valence-corrected chi connectivity index (χ3v) is 4.67. The number of hydrogen-bond donors (Lipinski definition) is 0. The van der Waals surface area contributed by atoms with Gasteiger partial charge in [0.05, 0.1) is 0 Å². The molecule has 0 spiro atoms. The van der Waals surface area contributed by atoms with E-state index in [2.05, 4.69) is 34.6 Å². The zero-order chi connectivity index (χ0) is 14.5. The van der Waals surface area contributed by atoms with Crippen molar-refractivity contribution in [3.05, 3.63) is 0 Å². The molecule has 0 nitrogen and oxygen atoms in total. The van der Waals surface area contributed by atoms with Crippen LogP contribution in [0, 0.1) is 17.8 Å². The van der Waals surface area contributed by atoms with Gasteiger partial charge in [-0.3, -0.25) is 0 Å². The van der Waals surface area contributed by atoms with Gasteiger partial charge in [-0.25, -0.2) is 0 Å². The summed E-state index contributed by atoms with van der Waals surface area (Å²) >= 11 is 0. The Bertz CT molecular complexity index is 173. The van der Waals surface area contributed by atoms with Crippen LogP contribution in [0.25, 0.3) is 0 Å². The van der Waals surface area contributed by atoms with Crippen LogP contribution < -0.4 is 0 Å². The maximum atomic E-state index is 2.48. The summed E-state index contributed by atoms with van der Waals surface area (Å²) in [5.41, 5.74) is 0. The predicted octanol–water partition coefficient (Wildman–Crippen LogP) is 7.23. The van der Waals surface area contributed by atoms with E-state index in [1.54, 1.807) is 0 Å². The van der Waals surface area contributed by atoms with Gasteiger partial charge in [-0.05, 0) is 30.6 Å². The summed E-state index contributed by atoms with van der Waals surface area (Å²) in [5.74, 6) is 2.86. The topological polar surface area (TPSA) is 0 Å². The van der Waals surface area contributed by atoms with E-state index in [1.807, 2.05) is 0 Å². The minimum absolute atomic E-state index is 0.918. The van der Waals surface area contributed by atoms with Gasteiger partial charge in [-0.1, -0.05) is 92.4 Å². The first-order chi connectivity index (χ1) is 9.13. The summed E-state index contributed by atoms with van der Waals surface area (Å²) in [6, 6.07) is 0. The quantitative estimate of drug-likeness (QED) is 0.309. The van der Waals surface area contributed by atoms with Gasteiger partial charge in [0.25, 0.3) is 0 Å². The van der Waals surface area contributed by atoms with Gasteiger partial charge in [-0.15, -0.1) is 0 Å².